The first-order valence-electron chi connectivity index (χ1n) is 6.61. The number of ether oxygens (including phenoxy) is 1. The van der Waals surface area contributed by atoms with Gasteiger partial charge >= 0.3 is 0 Å². The SMILES string of the molecule is CCNC(=O)c1ccc(N2CCC(OC)C2)c(N)c1. The van der Waals surface area contributed by atoms with Crippen LogP contribution < -0.4 is 16.0 Å². The zero-order chi connectivity index (χ0) is 13.8. The van der Waals surface area contributed by atoms with Crippen molar-refractivity contribution in [2.75, 3.05) is 37.4 Å². The van der Waals surface area contributed by atoms with E-state index in [1.54, 1.807) is 13.2 Å². The van der Waals surface area contributed by atoms with Crippen LogP contribution in [0, 0.1) is 0 Å². The summed E-state index contributed by atoms with van der Waals surface area (Å²) in [4.78, 5) is 13.9. The van der Waals surface area contributed by atoms with Gasteiger partial charge in [0.2, 0.25) is 0 Å². The molecule has 1 unspecified atom stereocenters. The van der Waals surface area contributed by atoms with Crippen LogP contribution in [0.2, 0.25) is 0 Å². The van der Waals surface area contributed by atoms with Gasteiger partial charge in [0.05, 0.1) is 17.5 Å². The van der Waals surface area contributed by atoms with Crippen molar-refractivity contribution in [1.29, 1.82) is 0 Å². The van der Waals surface area contributed by atoms with Gasteiger partial charge in [0.25, 0.3) is 5.91 Å². The second-order valence-corrected chi connectivity index (χ2v) is 4.73. The monoisotopic (exact) mass is 263 g/mol. The minimum atomic E-state index is -0.0862. The highest BCUT2D eigenvalue weighted by Crippen LogP contribution is 2.28. The van der Waals surface area contributed by atoms with E-state index in [1.807, 2.05) is 19.1 Å². The number of hydrogen-bond acceptors (Lipinski definition) is 4. The number of nitrogens with zero attached hydrogens (tertiary/aromatic N) is 1. The average molecular weight is 263 g/mol. The fourth-order valence-electron chi connectivity index (χ4n) is 2.39. The molecule has 3 N–H and O–H groups in total. The predicted octanol–water partition coefficient (Wildman–Crippen LogP) is 1.24. The molecular formula is C14H21N3O2. The summed E-state index contributed by atoms with van der Waals surface area (Å²) in [6, 6.07) is 5.47. The number of nitrogens with two attached hydrogens (primary N) is 1. The Hall–Kier alpha value is -1.75. The van der Waals surface area contributed by atoms with Crippen LogP contribution in [0.1, 0.15) is 23.7 Å². The molecule has 0 aliphatic carbocycles. The van der Waals surface area contributed by atoms with E-state index in [2.05, 4.69) is 10.2 Å². The lowest BCUT2D eigenvalue weighted by Gasteiger charge is -2.20. The molecule has 0 aromatic heterocycles. The lowest BCUT2D eigenvalue weighted by atomic mass is 10.1. The van der Waals surface area contributed by atoms with Gasteiger partial charge in [0, 0.05) is 32.3 Å². The van der Waals surface area contributed by atoms with Gasteiger partial charge in [-0.2, -0.15) is 0 Å². The lowest BCUT2D eigenvalue weighted by molar-refractivity contribution is 0.0956. The van der Waals surface area contributed by atoms with Crippen LogP contribution in [0.15, 0.2) is 18.2 Å². The molecule has 1 aliphatic rings. The van der Waals surface area contributed by atoms with Crippen molar-refractivity contribution >= 4 is 17.3 Å². The third-order valence-corrected chi connectivity index (χ3v) is 3.45. The van der Waals surface area contributed by atoms with Crippen molar-refractivity contribution in [3.63, 3.8) is 0 Å². The second-order valence-electron chi connectivity index (χ2n) is 4.73. The fraction of sp³-hybridized carbons (Fsp3) is 0.500. The van der Waals surface area contributed by atoms with Crippen molar-refractivity contribution in [2.24, 2.45) is 0 Å². The summed E-state index contributed by atoms with van der Waals surface area (Å²) >= 11 is 0. The van der Waals surface area contributed by atoms with Gasteiger partial charge in [-0.15, -0.1) is 0 Å². The Bertz CT molecular complexity index is 462. The molecule has 1 fully saturated rings. The Kier molecular flexibility index (Phi) is 4.27. The second kappa shape index (κ2) is 5.93. The molecular weight excluding hydrogens is 242 g/mol. The topological polar surface area (TPSA) is 67.6 Å². The van der Waals surface area contributed by atoms with Gasteiger partial charge in [0.1, 0.15) is 0 Å². The summed E-state index contributed by atoms with van der Waals surface area (Å²) in [7, 11) is 1.73. The molecule has 1 aliphatic heterocycles. The van der Waals surface area contributed by atoms with Gasteiger partial charge in [-0.1, -0.05) is 0 Å². The van der Waals surface area contributed by atoms with Crippen LogP contribution in [0.3, 0.4) is 0 Å². The first-order chi connectivity index (χ1) is 9.15. The van der Waals surface area contributed by atoms with E-state index in [0.717, 1.165) is 25.2 Å². The van der Waals surface area contributed by atoms with Gasteiger partial charge in [-0.05, 0) is 31.5 Å². The van der Waals surface area contributed by atoms with E-state index in [0.29, 0.717) is 17.8 Å². The highest BCUT2D eigenvalue weighted by molar-refractivity contribution is 5.96. The largest absolute Gasteiger partial charge is 0.397 e. The van der Waals surface area contributed by atoms with Crippen LogP contribution in [0.5, 0.6) is 0 Å². The van der Waals surface area contributed by atoms with E-state index >= 15 is 0 Å². The first kappa shape index (κ1) is 13.7. The molecule has 1 amide bonds. The Balaban J connectivity index is 2.13. The maximum Gasteiger partial charge on any atom is 0.251 e. The predicted molar refractivity (Wildman–Crippen MR) is 76.5 cm³/mol. The summed E-state index contributed by atoms with van der Waals surface area (Å²) in [6.07, 6.45) is 1.27. The molecule has 0 radical (unpaired) electrons. The minimum Gasteiger partial charge on any atom is -0.397 e. The maximum atomic E-state index is 11.7. The molecule has 1 atom stereocenters. The van der Waals surface area contributed by atoms with Crippen molar-refractivity contribution in [2.45, 2.75) is 19.4 Å². The van der Waals surface area contributed by atoms with Crippen molar-refractivity contribution < 1.29 is 9.53 Å². The smallest absolute Gasteiger partial charge is 0.251 e. The highest BCUT2D eigenvalue weighted by atomic mass is 16.5. The van der Waals surface area contributed by atoms with Gasteiger partial charge in [-0.3, -0.25) is 4.79 Å². The molecule has 1 heterocycles. The first-order valence-corrected chi connectivity index (χ1v) is 6.61. The molecule has 0 bridgehead atoms. The zero-order valence-electron chi connectivity index (χ0n) is 11.5. The molecule has 5 nitrogen and oxygen atoms in total. The number of amides is 1. The number of carbonyl (C=O) groups excluding carboxylic acids is 1. The van der Waals surface area contributed by atoms with E-state index in [4.69, 9.17) is 10.5 Å². The Labute approximate surface area is 113 Å². The molecule has 1 aromatic carbocycles. The molecule has 0 spiro atoms. The summed E-state index contributed by atoms with van der Waals surface area (Å²) in [5, 5.41) is 2.77. The molecule has 5 heteroatoms. The Morgan fingerprint density at radius 2 is 2.37 bits per heavy atom. The summed E-state index contributed by atoms with van der Waals surface area (Å²) in [6.45, 7) is 4.29. The quantitative estimate of drug-likeness (QED) is 0.802. The molecule has 0 saturated carbocycles. The highest BCUT2D eigenvalue weighted by Gasteiger charge is 2.23. The standard InChI is InChI=1S/C14H21N3O2/c1-3-16-14(18)10-4-5-13(12(15)8-10)17-7-6-11(9-17)19-2/h4-5,8,11H,3,6-7,9,15H2,1-2H3,(H,16,18). The third kappa shape index (κ3) is 2.98. The number of methoxy groups -OCH3 is 1. The van der Waals surface area contributed by atoms with Crippen molar-refractivity contribution in [1.82, 2.24) is 5.32 Å². The number of nitrogen functional groups attached to an aromatic ring is 1. The molecule has 1 saturated heterocycles. The number of anilines is 2. The summed E-state index contributed by atoms with van der Waals surface area (Å²) in [5.74, 6) is -0.0862. The van der Waals surface area contributed by atoms with Crippen LogP contribution in [0.4, 0.5) is 11.4 Å². The van der Waals surface area contributed by atoms with Gasteiger partial charge < -0.3 is 20.7 Å². The normalized spacial score (nSPS) is 18.6. The third-order valence-electron chi connectivity index (χ3n) is 3.45. The molecule has 1 aromatic rings. The summed E-state index contributed by atoms with van der Waals surface area (Å²) in [5.41, 5.74) is 8.28. The fourth-order valence-corrected chi connectivity index (χ4v) is 2.39. The van der Waals surface area contributed by atoms with Crippen LogP contribution in [0.25, 0.3) is 0 Å². The average Bonchev–Trinajstić information content (AvgIpc) is 2.87. The van der Waals surface area contributed by atoms with E-state index in [-0.39, 0.29) is 12.0 Å². The number of carbonyl (C=O) groups is 1. The van der Waals surface area contributed by atoms with Crippen LogP contribution >= 0.6 is 0 Å². The molecule has 104 valence electrons. The maximum absolute atomic E-state index is 11.7. The Morgan fingerprint density at radius 1 is 1.58 bits per heavy atom. The molecule has 19 heavy (non-hydrogen) atoms. The number of benzene rings is 1. The van der Waals surface area contributed by atoms with Crippen molar-refractivity contribution in [3.8, 4) is 0 Å². The van der Waals surface area contributed by atoms with E-state index < -0.39 is 0 Å². The number of hydrogen-bond donors (Lipinski definition) is 2. The van der Waals surface area contributed by atoms with Gasteiger partial charge in [-0.25, -0.2) is 0 Å². The van der Waals surface area contributed by atoms with E-state index in [9.17, 15) is 4.79 Å². The van der Waals surface area contributed by atoms with Crippen molar-refractivity contribution in [3.05, 3.63) is 23.8 Å². The number of nitrogens with one attached hydrogen (secondary N) is 1. The summed E-state index contributed by atoms with van der Waals surface area (Å²) < 4.78 is 5.35. The molecule has 2 rings (SSSR count). The van der Waals surface area contributed by atoms with Crippen LogP contribution in [-0.4, -0.2) is 38.8 Å². The van der Waals surface area contributed by atoms with E-state index in [1.165, 1.54) is 0 Å². The Morgan fingerprint density at radius 3 is 2.95 bits per heavy atom. The number of rotatable bonds is 4. The van der Waals surface area contributed by atoms with Crippen LogP contribution in [-0.2, 0) is 4.74 Å². The lowest BCUT2D eigenvalue weighted by Crippen LogP contribution is -2.25. The minimum absolute atomic E-state index is 0.0862. The zero-order valence-corrected chi connectivity index (χ0v) is 11.5. The van der Waals surface area contributed by atoms with Gasteiger partial charge in [0.15, 0.2) is 0 Å².